The molecule has 146 valence electrons. The zero-order valence-electron chi connectivity index (χ0n) is 15.2. The Morgan fingerprint density at radius 1 is 1.21 bits per heavy atom. The molecule has 0 saturated heterocycles. The highest BCUT2D eigenvalue weighted by molar-refractivity contribution is 7.22. The van der Waals surface area contributed by atoms with Crippen molar-refractivity contribution in [3.63, 3.8) is 0 Å². The number of hydrogen-bond donors (Lipinski definition) is 1. The van der Waals surface area contributed by atoms with E-state index in [9.17, 15) is 9.59 Å². The van der Waals surface area contributed by atoms with Gasteiger partial charge in [-0.05, 0) is 43.7 Å². The predicted molar refractivity (Wildman–Crippen MR) is 110 cm³/mol. The highest BCUT2D eigenvalue weighted by Crippen LogP contribution is 2.27. The smallest absolute Gasteiger partial charge is 0.338 e. The summed E-state index contributed by atoms with van der Waals surface area (Å²) in [7, 11) is 0. The third-order valence-electron chi connectivity index (χ3n) is 3.79. The van der Waals surface area contributed by atoms with Gasteiger partial charge in [-0.15, -0.1) is 0 Å². The molecule has 0 aliphatic rings. The highest BCUT2D eigenvalue weighted by Gasteiger charge is 2.12. The predicted octanol–water partition coefficient (Wildman–Crippen LogP) is 4.92. The Morgan fingerprint density at radius 3 is 2.82 bits per heavy atom. The van der Waals surface area contributed by atoms with Gasteiger partial charge in [-0.1, -0.05) is 35.1 Å². The van der Waals surface area contributed by atoms with E-state index >= 15 is 0 Å². The van der Waals surface area contributed by atoms with Crippen LogP contribution in [0.2, 0.25) is 5.02 Å². The lowest BCUT2D eigenvalue weighted by Gasteiger charge is -2.07. The van der Waals surface area contributed by atoms with Gasteiger partial charge in [-0.25, -0.2) is 9.78 Å². The van der Waals surface area contributed by atoms with Crippen LogP contribution < -0.4 is 10.1 Å². The van der Waals surface area contributed by atoms with E-state index in [0.717, 1.165) is 10.2 Å². The molecule has 0 spiro atoms. The van der Waals surface area contributed by atoms with E-state index in [2.05, 4.69) is 10.3 Å². The van der Waals surface area contributed by atoms with Crippen molar-refractivity contribution in [3.8, 4) is 5.75 Å². The average molecular weight is 419 g/mol. The van der Waals surface area contributed by atoms with Gasteiger partial charge in [0, 0.05) is 6.42 Å². The lowest BCUT2D eigenvalue weighted by atomic mass is 10.2. The molecule has 1 amide bonds. The second-order valence-corrected chi connectivity index (χ2v) is 7.29. The Morgan fingerprint density at radius 2 is 2.04 bits per heavy atom. The number of ether oxygens (including phenoxy) is 2. The molecule has 0 fully saturated rings. The fraction of sp³-hybridized carbons (Fsp3) is 0.250. The van der Waals surface area contributed by atoms with Crippen LogP contribution in [0.15, 0.2) is 42.5 Å². The second-order valence-electron chi connectivity index (χ2n) is 5.85. The Kier molecular flexibility index (Phi) is 6.84. The number of thiazole rings is 1. The molecular weight excluding hydrogens is 400 g/mol. The van der Waals surface area contributed by atoms with Crippen molar-refractivity contribution in [2.45, 2.75) is 19.8 Å². The SMILES string of the molecule is CCOC(=O)c1ccc2nc(NC(=O)CCCOc3ccccc3Cl)sc2c1. The zero-order valence-corrected chi connectivity index (χ0v) is 16.8. The zero-order chi connectivity index (χ0) is 19.9. The van der Waals surface area contributed by atoms with Crippen molar-refractivity contribution >= 4 is 50.2 Å². The molecule has 0 saturated carbocycles. The molecule has 6 nitrogen and oxygen atoms in total. The van der Waals surface area contributed by atoms with E-state index in [4.69, 9.17) is 21.1 Å². The summed E-state index contributed by atoms with van der Waals surface area (Å²) in [5.41, 5.74) is 1.18. The summed E-state index contributed by atoms with van der Waals surface area (Å²) in [4.78, 5) is 28.3. The summed E-state index contributed by atoms with van der Waals surface area (Å²) in [5.74, 6) is 0.0856. The number of aromatic nitrogens is 1. The van der Waals surface area contributed by atoms with Gasteiger partial charge in [-0.2, -0.15) is 0 Å². The number of esters is 1. The molecule has 1 N–H and O–H groups in total. The summed E-state index contributed by atoms with van der Waals surface area (Å²) in [6.07, 6.45) is 0.851. The van der Waals surface area contributed by atoms with E-state index in [-0.39, 0.29) is 11.9 Å². The molecule has 0 bridgehead atoms. The minimum absolute atomic E-state index is 0.146. The number of carbonyl (C=O) groups excluding carboxylic acids is 2. The van der Waals surface area contributed by atoms with Gasteiger partial charge in [0.15, 0.2) is 5.13 Å². The van der Waals surface area contributed by atoms with Gasteiger partial charge in [0.2, 0.25) is 5.91 Å². The van der Waals surface area contributed by atoms with Crippen molar-refractivity contribution in [1.29, 1.82) is 0 Å². The number of benzene rings is 2. The van der Waals surface area contributed by atoms with Crippen molar-refractivity contribution in [1.82, 2.24) is 4.98 Å². The Hall–Kier alpha value is -2.64. The number of amides is 1. The minimum Gasteiger partial charge on any atom is -0.492 e. The van der Waals surface area contributed by atoms with Crippen molar-refractivity contribution in [3.05, 3.63) is 53.1 Å². The summed E-state index contributed by atoms with van der Waals surface area (Å²) in [6.45, 7) is 2.47. The van der Waals surface area contributed by atoms with Gasteiger partial charge < -0.3 is 14.8 Å². The number of fused-ring (bicyclic) bond motifs is 1. The lowest BCUT2D eigenvalue weighted by Crippen LogP contribution is -2.12. The molecule has 1 aromatic heterocycles. The Labute approximate surface area is 171 Å². The summed E-state index contributed by atoms with van der Waals surface area (Å²) in [6, 6.07) is 12.3. The Bertz CT molecular complexity index is 989. The van der Waals surface area contributed by atoms with Crippen LogP contribution in [0.4, 0.5) is 5.13 Å². The van der Waals surface area contributed by atoms with E-state index < -0.39 is 0 Å². The number of halogens is 1. The van der Waals surface area contributed by atoms with Gasteiger partial charge in [0.25, 0.3) is 0 Å². The third kappa shape index (κ3) is 5.21. The van der Waals surface area contributed by atoms with Crippen LogP contribution in [0.25, 0.3) is 10.2 Å². The van der Waals surface area contributed by atoms with Crippen molar-refractivity contribution in [2.24, 2.45) is 0 Å². The van der Waals surface area contributed by atoms with Crippen LogP contribution in [-0.2, 0) is 9.53 Å². The van der Waals surface area contributed by atoms with E-state index in [0.29, 0.717) is 47.5 Å². The first kappa shape index (κ1) is 20.1. The first-order valence-electron chi connectivity index (χ1n) is 8.81. The van der Waals surface area contributed by atoms with Crippen molar-refractivity contribution < 1.29 is 19.1 Å². The van der Waals surface area contributed by atoms with E-state index in [1.807, 2.05) is 12.1 Å². The normalized spacial score (nSPS) is 10.6. The molecule has 0 atom stereocenters. The van der Waals surface area contributed by atoms with Crippen LogP contribution in [0.3, 0.4) is 0 Å². The third-order valence-corrected chi connectivity index (χ3v) is 5.03. The molecule has 0 radical (unpaired) electrons. The maximum atomic E-state index is 12.1. The number of carbonyl (C=O) groups is 2. The summed E-state index contributed by atoms with van der Waals surface area (Å²) in [5, 5.41) is 3.82. The first-order chi connectivity index (χ1) is 13.6. The molecular formula is C20H19ClN2O4S. The minimum atomic E-state index is -0.373. The fourth-order valence-electron chi connectivity index (χ4n) is 2.48. The quantitative estimate of drug-likeness (QED) is 0.414. The molecule has 3 aromatic rings. The van der Waals surface area contributed by atoms with Crippen LogP contribution in [-0.4, -0.2) is 30.1 Å². The number of hydrogen-bond acceptors (Lipinski definition) is 6. The van der Waals surface area contributed by atoms with E-state index in [1.54, 1.807) is 37.3 Å². The average Bonchev–Trinajstić information content (AvgIpc) is 3.08. The number of rotatable bonds is 8. The first-order valence-corrected chi connectivity index (χ1v) is 10.0. The fourth-order valence-corrected chi connectivity index (χ4v) is 3.59. The second kappa shape index (κ2) is 9.52. The highest BCUT2D eigenvalue weighted by atomic mass is 35.5. The van der Waals surface area contributed by atoms with Crippen LogP contribution in [0.5, 0.6) is 5.75 Å². The van der Waals surface area contributed by atoms with Crippen molar-refractivity contribution in [2.75, 3.05) is 18.5 Å². The summed E-state index contributed by atoms with van der Waals surface area (Å²) >= 11 is 7.33. The van der Waals surface area contributed by atoms with Crippen LogP contribution >= 0.6 is 22.9 Å². The van der Waals surface area contributed by atoms with Gasteiger partial charge in [-0.3, -0.25) is 4.79 Å². The summed E-state index contributed by atoms with van der Waals surface area (Å²) < 4.78 is 11.4. The number of nitrogens with zero attached hydrogens (tertiary/aromatic N) is 1. The van der Waals surface area contributed by atoms with E-state index in [1.165, 1.54) is 11.3 Å². The molecule has 1 heterocycles. The van der Waals surface area contributed by atoms with Crippen LogP contribution in [0.1, 0.15) is 30.1 Å². The van der Waals surface area contributed by atoms with Gasteiger partial charge in [0.05, 0.1) is 34.0 Å². The maximum absolute atomic E-state index is 12.1. The molecule has 0 aliphatic heterocycles. The molecule has 3 rings (SSSR count). The lowest BCUT2D eigenvalue weighted by molar-refractivity contribution is -0.116. The number of nitrogens with one attached hydrogen (secondary N) is 1. The number of anilines is 1. The standard InChI is InChI=1S/C20H19ClN2O4S/c1-2-26-19(25)13-9-10-15-17(12-13)28-20(22-15)23-18(24)8-5-11-27-16-7-4-3-6-14(16)21/h3-4,6-7,9-10,12H,2,5,8,11H2,1H3,(H,22,23,24). The number of para-hydroxylation sites is 1. The largest absolute Gasteiger partial charge is 0.492 e. The molecule has 0 unspecified atom stereocenters. The molecule has 8 heteroatoms. The monoisotopic (exact) mass is 418 g/mol. The van der Waals surface area contributed by atoms with Crippen LogP contribution in [0, 0.1) is 0 Å². The van der Waals surface area contributed by atoms with Gasteiger partial charge in [0.1, 0.15) is 5.75 Å². The molecule has 0 aliphatic carbocycles. The molecule has 2 aromatic carbocycles. The Balaban J connectivity index is 1.51. The topological polar surface area (TPSA) is 77.5 Å². The van der Waals surface area contributed by atoms with Gasteiger partial charge >= 0.3 is 5.97 Å². The molecule has 28 heavy (non-hydrogen) atoms. The maximum Gasteiger partial charge on any atom is 0.338 e.